The topological polar surface area (TPSA) is 38.9 Å². The van der Waals surface area contributed by atoms with E-state index in [0.717, 1.165) is 6.42 Å². The zero-order chi connectivity index (χ0) is 11.5. The van der Waals surface area contributed by atoms with Crippen molar-refractivity contribution in [3.05, 3.63) is 46.5 Å². The van der Waals surface area contributed by atoms with E-state index in [-0.39, 0.29) is 0 Å². The summed E-state index contributed by atoms with van der Waals surface area (Å²) >= 11 is 1.56. The predicted molar refractivity (Wildman–Crippen MR) is 69.9 cm³/mol. The molecule has 1 aromatic carbocycles. The monoisotopic (exact) mass is 232 g/mol. The Bertz CT molecular complexity index is 474. The second-order valence-electron chi connectivity index (χ2n) is 4.24. The summed E-state index contributed by atoms with van der Waals surface area (Å²) < 4.78 is 0. The van der Waals surface area contributed by atoms with Gasteiger partial charge in [-0.3, -0.25) is 0 Å². The van der Waals surface area contributed by atoms with Crippen molar-refractivity contribution < 1.29 is 0 Å². The van der Waals surface area contributed by atoms with Crippen LogP contribution in [0.5, 0.6) is 0 Å². The zero-order valence-corrected chi connectivity index (χ0v) is 10.4. The predicted octanol–water partition coefficient (Wildman–Crippen LogP) is 3.44. The van der Waals surface area contributed by atoms with Gasteiger partial charge in [0.05, 0.1) is 0 Å². The van der Waals surface area contributed by atoms with Crippen molar-refractivity contribution in [1.82, 2.24) is 4.98 Å². The molecule has 0 atom stereocenters. The van der Waals surface area contributed by atoms with Crippen molar-refractivity contribution in [2.75, 3.05) is 5.73 Å². The number of rotatable bonds is 3. The lowest BCUT2D eigenvalue weighted by Crippen LogP contribution is -1.90. The van der Waals surface area contributed by atoms with Gasteiger partial charge in [0.1, 0.15) is 0 Å². The number of nitrogens with two attached hydrogens (primary N) is 1. The highest BCUT2D eigenvalue weighted by molar-refractivity contribution is 7.15. The number of hydrogen-bond donors (Lipinski definition) is 1. The van der Waals surface area contributed by atoms with Gasteiger partial charge in [-0.2, -0.15) is 0 Å². The lowest BCUT2D eigenvalue weighted by atomic mass is 10.00. The Hall–Kier alpha value is -1.35. The van der Waals surface area contributed by atoms with Gasteiger partial charge in [0.2, 0.25) is 0 Å². The molecule has 84 valence electrons. The molecule has 0 saturated heterocycles. The third-order valence-electron chi connectivity index (χ3n) is 2.57. The Morgan fingerprint density at radius 2 is 2.19 bits per heavy atom. The summed E-state index contributed by atoms with van der Waals surface area (Å²) in [6.07, 6.45) is 2.79. The first kappa shape index (κ1) is 11.1. The largest absolute Gasteiger partial charge is 0.375 e. The van der Waals surface area contributed by atoms with Gasteiger partial charge >= 0.3 is 0 Å². The molecule has 0 fully saturated rings. The number of nitrogen functional groups attached to an aromatic ring is 1. The van der Waals surface area contributed by atoms with Gasteiger partial charge in [-0.1, -0.05) is 38.1 Å². The van der Waals surface area contributed by atoms with Crippen LogP contribution < -0.4 is 5.73 Å². The summed E-state index contributed by atoms with van der Waals surface area (Å²) in [6, 6.07) is 8.71. The van der Waals surface area contributed by atoms with E-state index in [1.807, 2.05) is 6.20 Å². The molecule has 0 radical (unpaired) electrons. The van der Waals surface area contributed by atoms with Crippen LogP contribution >= 0.6 is 11.3 Å². The normalized spacial score (nSPS) is 10.9. The van der Waals surface area contributed by atoms with E-state index in [4.69, 9.17) is 5.73 Å². The SMILES string of the molecule is CC(C)c1cccc(Cc2cnc(N)s2)c1. The summed E-state index contributed by atoms with van der Waals surface area (Å²) in [4.78, 5) is 5.29. The number of nitrogens with zero attached hydrogens (tertiary/aromatic N) is 1. The van der Waals surface area contributed by atoms with Crippen LogP contribution in [-0.4, -0.2) is 4.98 Å². The van der Waals surface area contributed by atoms with Crippen LogP contribution in [-0.2, 0) is 6.42 Å². The van der Waals surface area contributed by atoms with Gasteiger partial charge in [0.15, 0.2) is 5.13 Å². The van der Waals surface area contributed by atoms with E-state index in [1.54, 1.807) is 11.3 Å². The Morgan fingerprint density at radius 3 is 2.81 bits per heavy atom. The van der Waals surface area contributed by atoms with Crippen LogP contribution in [0.3, 0.4) is 0 Å². The number of hydrogen-bond acceptors (Lipinski definition) is 3. The molecule has 0 aliphatic carbocycles. The highest BCUT2D eigenvalue weighted by Gasteiger charge is 2.03. The molecule has 16 heavy (non-hydrogen) atoms. The van der Waals surface area contributed by atoms with Crippen molar-refractivity contribution in [2.24, 2.45) is 0 Å². The fraction of sp³-hybridized carbons (Fsp3) is 0.308. The van der Waals surface area contributed by atoms with Crippen molar-refractivity contribution in [2.45, 2.75) is 26.2 Å². The smallest absolute Gasteiger partial charge is 0.180 e. The minimum atomic E-state index is 0.575. The molecular formula is C13H16N2S. The second kappa shape index (κ2) is 4.66. The molecule has 2 nitrogen and oxygen atoms in total. The maximum absolute atomic E-state index is 5.62. The maximum atomic E-state index is 5.62. The number of aromatic nitrogens is 1. The van der Waals surface area contributed by atoms with Gasteiger partial charge in [0, 0.05) is 17.5 Å². The van der Waals surface area contributed by atoms with Crippen LogP contribution in [0.25, 0.3) is 0 Å². The zero-order valence-electron chi connectivity index (χ0n) is 9.60. The summed E-state index contributed by atoms with van der Waals surface area (Å²) in [6.45, 7) is 4.42. The summed E-state index contributed by atoms with van der Waals surface area (Å²) in [5.74, 6) is 0.575. The molecule has 0 aliphatic heterocycles. The van der Waals surface area contributed by atoms with Gasteiger partial charge in [-0.15, -0.1) is 11.3 Å². The quantitative estimate of drug-likeness (QED) is 0.880. The van der Waals surface area contributed by atoms with Crippen LogP contribution in [0, 0.1) is 0 Å². The van der Waals surface area contributed by atoms with Crippen LogP contribution in [0.4, 0.5) is 5.13 Å². The first-order valence-electron chi connectivity index (χ1n) is 5.44. The minimum absolute atomic E-state index is 0.575. The van der Waals surface area contributed by atoms with Gasteiger partial charge in [-0.05, 0) is 17.0 Å². The van der Waals surface area contributed by atoms with E-state index >= 15 is 0 Å². The maximum Gasteiger partial charge on any atom is 0.180 e. The summed E-state index contributed by atoms with van der Waals surface area (Å²) in [7, 11) is 0. The molecule has 0 bridgehead atoms. The Kier molecular flexibility index (Phi) is 3.25. The number of anilines is 1. The molecule has 1 heterocycles. The first-order chi connectivity index (χ1) is 7.65. The second-order valence-corrected chi connectivity index (χ2v) is 5.39. The van der Waals surface area contributed by atoms with Gasteiger partial charge in [0.25, 0.3) is 0 Å². The highest BCUT2D eigenvalue weighted by Crippen LogP contribution is 2.21. The van der Waals surface area contributed by atoms with Crippen molar-refractivity contribution in [1.29, 1.82) is 0 Å². The lowest BCUT2D eigenvalue weighted by molar-refractivity contribution is 0.863. The van der Waals surface area contributed by atoms with E-state index in [0.29, 0.717) is 11.0 Å². The molecule has 2 aromatic rings. The molecular weight excluding hydrogens is 216 g/mol. The van der Waals surface area contributed by atoms with Crippen LogP contribution in [0.1, 0.15) is 35.8 Å². The van der Waals surface area contributed by atoms with E-state index in [1.165, 1.54) is 16.0 Å². The molecule has 2 rings (SSSR count). The van der Waals surface area contributed by atoms with Crippen LogP contribution in [0.2, 0.25) is 0 Å². The first-order valence-corrected chi connectivity index (χ1v) is 6.26. The third kappa shape index (κ3) is 2.61. The number of benzene rings is 1. The molecule has 0 spiro atoms. The standard InChI is InChI=1S/C13H16N2S/c1-9(2)11-5-3-4-10(6-11)7-12-8-15-13(14)16-12/h3-6,8-9H,7H2,1-2H3,(H2,14,15). The average molecular weight is 232 g/mol. The molecule has 1 aromatic heterocycles. The van der Waals surface area contributed by atoms with E-state index in [2.05, 4.69) is 43.1 Å². The lowest BCUT2D eigenvalue weighted by Gasteiger charge is -2.07. The summed E-state index contributed by atoms with van der Waals surface area (Å²) in [5, 5.41) is 0.648. The Balaban J connectivity index is 2.18. The highest BCUT2D eigenvalue weighted by atomic mass is 32.1. The molecule has 0 unspecified atom stereocenters. The molecule has 3 heteroatoms. The molecule has 0 saturated carbocycles. The van der Waals surface area contributed by atoms with E-state index in [9.17, 15) is 0 Å². The van der Waals surface area contributed by atoms with Gasteiger partial charge in [-0.25, -0.2) is 4.98 Å². The third-order valence-corrected chi connectivity index (χ3v) is 3.39. The molecule has 2 N–H and O–H groups in total. The van der Waals surface area contributed by atoms with Gasteiger partial charge < -0.3 is 5.73 Å². The van der Waals surface area contributed by atoms with Crippen molar-refractivity contribution in [3.63, 3.8) is 0 Å². The minimum Gasteiger partial charge on any atom is -0.375 e. The average Bonchev–Trinajstić information content (AvgIpc) is 2.64. The Morgan fingerprint density at radius 1 is 1.38 bits per heavy atom. The Labute approximate surface area is 100 Å². The molecule has 0 aliphatic rings. The summed E-state index contributed by atoms with van der Waals surface area (Å²) in [5.41, 5.74) is 8.33. The van der Waals surface area contributed by atoms with Crippen molar-refractivity contribution in [3.8, 4) is 0 Å². The van der Waals surface area contributed by atoms with Crippen molar-refractivity contribution >= 4 is 16.5 Å². The van der Waals surface area contributed by atoms with Crippen LogP contribution in [0.15, 0.2) is 30.5 Å². The fourth-order valence-electron chi connectivity index (χ4n) is 1.67. The fourth-order valence-corrected chi connectivity index (χ4v) is 2.39. The number of thiazole rings is 1. The molecule has 0 amide bonds. The van der Waals surface area contributed by atoms with E-state index < -0.39 is 0 Å².